The van der Waals surface area contributed by atoms with Crippen LogP contribution in [-0.2, 0) is 4.74 Å². The Morgan fingerprint density at radius 3 is 2.27 bits per heavy atom. The molecule has 0 bridgehead atoms. The second-order valence-corrected chi connectivity index (χ2v) is 9.38. The Hall–Kier alpha value is -1.65. The Balaban J connectivity index is 1.82. The lowest BCUT2D eigenvalue weighted by molar-refractivity contribution is 0.0600. The topological polar surface area (TPSA) is 26.3 Å². The van der Waals surface area contributed by atoms with E-state index >= 15 is 0 Å². The van der Waals surface area contributed by atoms with Crippen LogP contribution in [0.5, 0.6) is 0 Å². The molecule has 2 aromatic carbocycles. The lowest BCUT2D eigenvalue weighted by atomic mass is 10.0. The molecule has 0 aliphatic carbocycles. The molecule has 0 radical (unpaired) electrons. The zero-order valence-corrected chi connectivity index (χ0v) is 17.3. The minimum atomic E-state index is -0.305. The van der Waals surface area contributed by atoms with E-state index in [4.69, 9.17) is 4.74 Å². The first kappa shape index (κ1) is 19.1. The molecule has 1 heterocycles. The second-order valence-electron chi connectivity index (χ2n) is 7.34. The Labute approximate surface area is 164 Å². The largest absolute Gasteiger partial charge is 0.465 e. The zero-order valence-electron chi connectivity index (χ0n) is 15.7. The number of carbonyl (C=O) groups excluding carboxylic acids is 1. The fourth-order valence-corrected chi connectivity index (χ4v) is 5.31. The van der Waals surface area contributed by atoms with Crippen molar-refractivity contribution in [1.82, 2.24) is 0 Å². The van der Waals surface area contributed by atoms with Crippen LogP contribution in [0.3, 0.4) is 0 Å². The van der Waals surface area contributed by atoms with E-state index in [9.17, 15) is 4.79 Å². The van der Waals surface area contributed by atoms with Crippen molar-refractivity contribution in [2.24, 2.45) is 5.41 Å². The van der Waals surface area contributed by atoms with E-state index < -0.39 is 0 Å². The smallest absolute Gasteiger partial charge is 0.337 e. The molecule has 0 N–H and O–H groups in total. The molecule has 0 aromatic heterocycles. The first-order valence-electron chi connectivity index (χ1n) is 8.65. The van der Waals surface area contributed by atoms with Gasteiger partial charge in [0.25, 0.3) is 0 Å². The minimum absolute atomic E-state index is 0.305. The van der Waals surface area contributed by atoms with Gasteiger partial charge in [-0.1, -0.05) is 38.1 Å². The number of esters is 1. The summed E-state index contributed by atoms with van der Waals surface area (Å²) in [4.78, 5) is 14.3. The van der Waals surface area contributed by atoms with Gasteiger partial charge in [0.15, 0.2) is 0 Å². The van der Waals surface area contributed by atoms with Gasteiger partial charge in [0.2, 0.25) is 0 Å². The van der Waals surface area contributed by atoms with Crippen LogP contribution in [0.25, 0.3) is 11.6 Å². The number of methoxy groups -OCH3 is 1. The summed E-state index contributed by atoms with van der Waals surface area (Å²) in [6, 6.07) is 14.3. The Morgan fingerprint density at radius 2 is 1.62 bits per heavy atom. The lowest BCUT2D eigenvalue weighted by Crippen LogP contribution is -2.16. The number of allylic oxidation sites excluding steroid dienone is 1. The number of hydrogen-bond donors (Lipinski definition) is 0. The SMILES string of the molecule is COC(=O)c1ccc(C=C(C)c2ccc3c(c2)SCC(C)(C)CS3)cc1. The monoisotopic (exact) mass is 384 g/mol. The molecule has 0 amide bonds. The highest BCUT2D eigenvalue weighted by molar-refractivity contribution is 8.03. The van der Waals surface area contributed by atoms with Crippen LogP contribution in [0, 0.1) is 5.41 Å². The molecule has 2 aromatic rings. The van der Waals surface area contributed by atoms with Crippen molar-refractivity contribution in [3.8, 4) is 0 Å². The molecule has 0 saturated carbocycles. The summed E-state index contributed by atoms with van der Waals surface area (Å²) in [5.74, 6) is 2.00. The van der Waals surface area contributed by atoms with E-state index in [0.29, 0.717) is 11.0 Å². The molecule has 136 valence electrons. The maximum atomic E-state index is 11.5. The molecule has 26 heavy (non-hydrogen) atoms. The molecule has 4 heteroatoms. The van der Waals surface area contributed by atoms with Gasteiger partial charge in [0, 0.05) is 21.3 Å². The van der Waals surface area contributed by atoms with Gasteiger partial charge in [-0.2, -0.15) is 0 Å². The van der Waals surface area contributed by atoms with E-state index in [2.05, 4.69) is 45.0 Å². The van der Waals surface area contributed by atoms with E-state index in [0.717, 1.165) is 17.1 Å². The highest BCUT2D eigenvalue weighted by Gasteiger charge is 2.23. The van der Waals surface area contributed by atoms with Gasteiger partial charge in [0.1, 0.15) is 0 Å². The van der Waals surface area contributed by atoms with Gasteiger partial charge in [-0.15, -0.1) is 23.5 Å². The number of rotatable bonds is 3. The van der Waals surface area contributed by atoms with Gasteiger partial charge >= 0.3 is 5.97 Å². The summed E-state index contributed by atoms with van der Waals surface area (Å²) in [7, 11) is 1.40. The summed E-state index contributed by atoms with van der Waals surface area (Å²) in [5.41, 5.74) is 4.47. The van der Waals surface area contributed by atoms with Crippen LogP contribution < -0.4 is 0 Å². The first-order valence-corrected chi connectivity index (χ1v) is 10.6. The summed E-state index contributed by atoms with van der Waals surface area (Å²) < 4.78 is 4.75. The fourth-order valence-electron chi connectivity index (χ4n) is 2.74. The van der Waals surface area contributed by atoms with Crippen molar-refractivity contribution in [2.45, 2.75) is 30.6 Å². The van der Waals surface area contributed by atoms with Crippen molar-refractivity contribution in [2.75, 3.05) is 18.6 Å². The van der Waals surface area contributed by atoms with Gasteiger partial charge in [0.05, 0.1) is 12.7 Å². The molecule has 0 unspecified atom stereocenters. The van der Waals surface area contributed by atoms with E-state index in [1.807, 2.05) is 35.7 Å². The molecule has 1 aliphatic heterocycles. The molecule has 0 spiro atoms. The average molecular weight is 385 g/mol. The number of benzene rings is 2. The third-order valence-corrected chi connectivity index (χ3v) is 7.65. The van der Waals surface area contributed by atoms with Crippen molar-refractivity contribution >= 4 is 41.1 Å². The lowest BCUT2D eigenvalue weighted by Gasteiger charge is -2.19. The van der Waals surface area contributed by atoms with Crippen molar-refractivity contribution in [1.29, 1.82) is 0 Å². The molecular weight excluding hydrogens is 360 g/mol. The van der Waals surface area contributed by atoms with Gasteiger partial charge in [-0.3, -0.25) is 0 Å². The summed E-state index contributed by atoms with van der Waals surface area (Å²) in [5, 5.41) is 0. The third kappa shape index (κ3) is 4.54. The maximum Gasteiger partial charge on any atom is 0.337 e. The number of thioether (sulfide) groups is 2. The van der Waals surface area contributed by atoms with Gasteiger partial charge < -0.3 is 4.74 Å². The quantitative estimate of drug-likeness (QED) is 0.461. The predicted molar refractivity (Wildman–Crippen MR) is 113 cm³/mol. The average Bonchev–Trinajstić information content (AvgIpc) is 2.80. The fraction of sp³-hybridized carbons (Fsp3) is 0.318. The van der Waals surface area contributed by atoms with Crippen LogP contribution in [-0.4, -0.2) is 24.6 Å². The summed E-state index contributed by atoms with van der Waals surface area (Å²) in [6.07, 6.45) is 2.15. The van der Waals surface area contributed by atoms with E-state index in [-0.39, 0.29) is 5.97 Å². The first-order chi connectivity index (χ1) is 12.4. The van der Waals surface area contributed by atoms with Gasteiger partial charge in [-0.05, 0) is 53.3 Å². The Bertz CT molecular complexity index is 836. The zero-order chi connectivity index (χ0) is 18.7. The summed E-state index contributed by atoms with van der Waals surface area (Å²) >= 11 is 3.93. The Kier molecular flexibility index (Phi) is 5.83. The Morgan fingerprint density at radius 1 is 1.00 bits per heavy atom. The van der Waals surface area contributed by atoms with Crippen LogP contribution in [0.15, 0.2) is 52.3 Å². The number of fused-ring (bicyclic) bond motifs is 1. The summed E-state index contributed by atoms with van der Waals surface area (Å²) in [6.45, 7) is 6.81. The van der Waals surface area contributed by atoms with Crippen LogP contribution in [0.1, 0.15) is 42.3 Å². The van der Waals surface area contributed by atoms with Crippen LogP contribution in [0.2, 0.25) is 0 Å². The molecule has 3 rings (SSSR count). The van der Waals surface area contributed by atoms with E-state index in [1.54, 1.807) is 12.1 Å². The van der Waals surface area contributed by atoms with E-state index in [1.165, 1.54) is 28.0 Å². The molecular formula is C22H24O2S2. The van der Waals surface area contributed by atoms with Gasteiger partial charge in [-0.25, -0.2) is 4.79 Å². The number of hydrogen-bond acceptors (Lipinski definition) is 4. The van der Waals surface area contributed by atoms with Crippen LogP contribution >= 0.6 is 23.5 Å². The predicted octanol–water partition coefficient (Wildman–Crippen LogP) is 6.26. The molecule has 0 fully saturated rings. The number of ether oxygens (including phenoxy) is 1. The van der Waals surface area contributed by atoms with Crippen molar-refractivity contribution in [3.05, 3.63) is 59.2 Å². The third-order valence-electron chi connectivity index (χ3n) is 4.35. The molecule has 2 nitrogen and oxygen atoms in total. The molecule has 0 atom stereocenters. The standard InChI is InChI=1S/C22H24O2S2/c1-15(11-16-5-7-17(8-6-16)21(23)24-4)18-9-10-19-20(12-18)26-14-22(2,3)13-25-19/h5-12H,13-14H2,1-4H3. The maximum absolute atomic E-state index is 11.5. The number of carbonyl (C=O) groups is 1. The minimum Gasteiger partial charge on any atom is -0.465 e. The second kappa shape index (κ2) is 7.93. The highest BCUT2D eigenvalue weighted by Crippen LogP contribution is 2.43. The normalized spacial score (nSPS) is 16.5. The molecule has 0 saturated heterocycles. The highest BCUT2D eigenvalue weighted by atomic mass is 32.2. The molecule has 1 aliphatic rings. The van der Waals surface area contributed by atoms with Crippen molar-refractivity contribution < 1.29 is 9.53 Å². The van der Waals surface area contributed by atoms with Crippen molar-refractivity contribution in [3.63, 3.8) is 0 Å². The van der Waals surface area contributed by atoms with Crippen LogP contribution in [0.4, 0.5) is 0 Å².